The Hall–Kier alpha value is -7.52. The number of rotatable bonds is 5. The minimum Gasteiger partial charge on any atom is -0.307 e. The Morgan fingerprint density at radius 2 is 0.933 bits per heavy atom. The molecule has 8 heteroatoms. The number of aromatic nitrogens is 6. The predicted octanol–water partition coefficient (Wildman–Crippen LogP) is 14.0. The molecular formula is C52H30N6S2. The summed E-state index contributed by atoms with van der Waals surface area (Å²) in [5.41, 5.74) is 9.29. The first kappa shape index (κ1) is 33.5. The zero-order valence-electron chi connectivity index (χ0n) is 31.8. The van der Waals surface area contributed by atoms with E-state index in [-0.39, 0.29) is 0 Å². The van der Waals surface area contributed by atoms with Crippen molar-refractivity contribution in [1.29, 1.82) is 0 Å². The molecule has 280 valence electrons. The van der Waals surface area contributed by atoms with E-state index in [0.29, 0.717) is 17.6 Å². The van der Waals surface area contributed by atoms with Crippen LogP contribution in [0.2, 0.25) is 0 Å². The van der Waals surface area contributed by atoms with E-state index in [0.717, 1.165) is 75.1 Å². The van der Waals surface area contributed by atoms with Gasteiger partial charge < -0.3 is 4.57 Å². The molecule has 0 unspecified atom stereocenters. The number of thiophene rings is 1. The maximum atomic E-state index is 5.51. The van der Waals surface area contributed by atoms with Crippen molar-refractivity contribution in [2.45, 2.75) is 0 Å². The van der Waals surface area contributed by atoms with Crippen LogP contribution in [0.25, 0.3) is 119 Å². The second kappa shape index (κ2) is 13.0. The Morgan fingerprint density at radius 3 is 1.67 bits per heavy atom. The molecule has 0 saturated carbocycles. The van der Waals surface area contributed by atoms with Gasteiger partial charge in [0, 0.05) is 64.1 Å². The third-order valence-electron chi connectivity index (χ3n) is 11.6. The lowest BCUT2D eigenvalue weighted by Gasteiger charge is -2.13. The fraction of sp³-hybridized carbons (Fsp3) is 0. The number of nitrogens with zero attached hydrogens (tertiary/aromatic N) is 6. The van der Waals surface area contributed by atoms with Gasteiger partial charge in [-0.05, 0) is 48.5 Å². The summed E-state index contributed by atoms with van der Waals surface area (Å²) in [6.45, 7) is 0. The zero-order chi connectivity index (χ0) is 39.3. The standard InChI is InChI=1S/C52H30N6S2/c1-3-15-31(16-4-1)51-53-41-25-14-24-40(48(41)60-51)50-54-49(39-23-13-22-38-35-21-9-12-28-44(35)59-47(38)39)55-52(56-50)58-43-27-11-8-20-34(43)37-30-29-36-33-19-7-10-26-42(33)57(45(36)46(37)58)32-17-5-2-6-18-32/h1-30H. The number of hydrogen-bond acceptors (Lipinski definition) is 6. The summed E-state index contributed by atoms with van der Waals surface area (Å²) in [6.07, 6.45) is 0. The molecule has 0 aliphatic rings. The topological polar surface area (TPSA) is 61.4 Å². The second-order valence-corrected chi connectivity index (χ2v) is 17.1. The molecule has 0 aliphatic carbocycles. The highest BCUT2D eigenvalue weighted by molar-refractivity contribution is 7.26. The minimum absolute atomic E-state index is 0.557. The number of benzene rings is 8. The Balaban J connectivity index is 1.17. The molecule has 5 aromatic heterocycles. The number of thiazole rings is 1. The van der Waals surface area contributed by atoms with Crippen LogP contribution >= 0.6 is 22.7 Å². The molecule has 0 radical (unpaired) electrons. The second-order valence-electron chi connectivity index (χ2n) is 15.0. The van der Waals surface area contributed by atoms with Gasteiger partial charge in [-0.1, -0.05) is 133 Å². The van der Waals surface area contributed by atoms with Crippen LogP contribution in [-0.2, 0) is 0 Å². The van der Waals surface area contributed by atoms with E-state index in [1.807, 2.05) is 6.07 Å². The van der Waals surface area contributed by atoms with Crippen molar-refractivity contribution in [3.05, 3.63) is 182 Å². The highest BCUT2D eigenvalue weighted by Crippen LogP contribution is 2.44. The highest BCUT2D eigenvalue weighted by Gasteiger charge is 2.25. The summed E-state index contributed by atoms with van der Waals surface area (Å²) in [5.74, 6) is 1.78. The first-order valence-corrected chi connectivity index (χ1v) is 21.5. The summed E-state index contributed by atoms with van der Waals surface area (Å²) in [7, 11) is 0. The Morgan fingerprint density at radius 1 is 0.367 bits per heavy atom. The van der Waals surface area contributed by atoms with E-state index in [1.54, 1.807) is 22.7 Å². The van der Waals surface area contributed by atoms with Crippen LogP contribution in [-0.4, -0.2) is 29.1 Å². The van der Waals surface area contributed by atoms with Crippen LogP contribution in [0.15, 0.2) is 182 Å². The molecule has 0 spiro atoms. The molecule has 0 saturated heterocycles. The lowest BCUT2D eigenvalue weighted by Crippen LogP contribution is -2.07. The molecule has 0 fully saturated rings. The molecule has 8 aromatic carbocycles. The van der Waals surface area contributed by atoms with Crippen LogP contribution in [0.4, 0.5) is 0 Å². The van der Waals surface area contributed by atoms with Crippen LogP contribution in [0, 0.1) is 0 Å². The summed E-state index contributed by atoms with van der Waals surface area (Å²) >= 11 is 3.45. The lowest BCUT2D eigenvalue weighted by molar-refractivity contribution is 0.955. The summed E-state index contributed by atoms with van der Waals surface area (Å²) in [5, 5.41) is 8.00. The minimum atomic E-state index is 0.557. The van der Waals surface area contributed by atoms with E-state index in [1.165, 1.54) is 26.2 Å². The number of fused-ring (bicyclic) bond motifs is 11. The van der Waals surface area contributed by atoms with E-state index in [2.05, 4.69) is 185 Å². The quantitative estimate of drug-likeness (QED) is 0.174. The van der Waals surface area contributed by atoms with Crippen molar-refractivity contribution in [3.63, 3.8) is 0 Å². The first-order valence-electron chi connectivity index (χ1n) is 19.9. The van der Waals surface area contributed by atoms with Gasteiger partial charge in [0.25, 0.3) is 0 Å². The van der Waals surface area contributed by atoms with Crippen LogP contribution in [0.1, 0.15) is 0 Å². The fourth-order valence-corrected chi connectivity index (χ4v) is 11.3. The largest absolute Gasteiger partial charge is 0.307 e. The fourth-order valence-electron chi connectivity index (χ4n) is 9.01. The van der Waals surface area contributed by atoms with Crippen molar-refractivity contribution in [3.8, 4) is 45.0 Å². The van der Waals surface area contributed by atoms with Gasteiger partial charge in [-0.15, -0.1) is 22.7 Å². The van der Waals surface area contributed by atoms with Crippen LogP contribution in [0.5, 0.6) is 0 Å². The molecule has 0 amide bonds. The number of hydrogen-bond donors (Lipinski definition) is 0. The van der Waals surface area contributed by atoms with Gasteiger partial charge in [-0.2, -0.15) is 9.97 Å². The van der Waals surface area contributed by atoms with Crippen molar-refractivity contribution in [1.82, 2.24) is 29.1 Å². The third-order valence-corrected chi connectivity index (χ3v) is 14.0. The van der Waals surface area contributed by atoms with Crippen molar-refractivity contribution in [2.75, 3.05) is 0 Å². The molecule has 0 aliphatic heterocycles. The smallest absolute Gasteiger partial charge is 0.238 e. The molecular weight excluding hydrogens is 773 g/mol. The maximum absolute atomic E-state index is 5.51. The van der Waals surface area contributed by atoms with Crippen molar-refractivity contribution >= 4 is 96.7 Å². The summed E-state index contributed by atoms with van der Waals surface area (Å²) < 4.78 is 8.09. The van der Waals surface area contributed by atoms with Crippen molar-refractivity contribution in [2.24, 2.45) is 0 Å². The van der Waals surface area contributed by atoms with E-state index < -0.39 is 0 Å². The van der Waals surface area contributed by atoms with Crippen LogP contribution in [0.3, 0.4) is 0 Å². The van der Waals surface area contributed by atoms with Crippen LogP contribution < -0.4 is 0 Å². The Labute approximate surface area is 350 Å². The van der Waals surface area contributed by atoms with E-state index in [9.17, 15) is 0 Å². The predicted molar refractivity (Wildman–Crippen MR) is 251 cm³/mol. The molecule has 0 N–H and O–H groups in total. The molecule has 0 bridgehead atoms. The third kappa shape index (κ3) is 4.92. The van der Waals surface area contributed by atoms with Gasteiger partial charge in [0.05, 0.1) is 32.3 Å². The lowest BCUT2D eigenvalue weighted by atomic mass is 10.1. The molecule has 13 rings (SSSR count). The molecule has 60 heavy (non-hydrogen) atoms. The average molecular weight is 803 g/mol. The van der Waals surface area contributed by atoms with E-state index >= 15 is 0 Å². The maximum Gasteiger partial charge on any atom is 0.238 e. The summed E-state index contributed by atoms with van der Waals surface area (Å²) in [4.78, 5) is 21.5. The average Bonchev–Trinajstić information content (AvgIpc) is 4.09. The van der Waals surface area contributed by atoms with Gasteiger partial charge in [0.15, 0.2) is 11.6 Å². The van der Waals surface area contributed by atoms with Gasteiger partial charge in [0.2, 0.25) is 5.95 Å². The van der Waals surface area contributed by atoms with Gasteiger partial charge in [-0.25, -0.2) is 9.97 Å². The van der Waals surface area contributed by atoms with Gasteiger partial charge in [-0.3, -0.25) is 4.57 Å². The Bertz CT molecular complexity index is 3840. The molecule has 6 nitrogen and oxygen atoms in total. The summed E-state index contributed by atoms with van der Waals surface area (Å²) in [6, 6.07) is 64.2. The van der Waals surface area contributed by atoms with E-state index in [4.69, 9.17) is 19.9 Å². The van der Waals surface area contributed by atoms with Crippen molar-refractivity contribution < 1.29 is 0 Å². The molecule has 13 aromatic rings. The zero-order valence-corrected chi connectivity index (χ0v) is 33.5. The van der Waals surface area contributed by atoms with Gasteiger partial charge in [0.1, 0.15) is 5.01 Å². The monoisotopic (exact) mass is 802 g/mol. The first-order chi connectivity index (χ1) is 29.8. The molecule has 5 heterocycles. The Kier molecular flexibility index (Phi) is 7.24. The molecule has 0 atom stereocenters. The number of para-hydroxylation sites is 3. The normalized spacial score (nSPS) is 12.0. The highest BCUT2D eigenvalue weighted by atomic mass is 32.1. The van der Waals surface area contributed by atoms with Gasteiger partial charge >= 0.3 is 0 Å². The SMILES string of the molecule is c1ccc(-c2nc3cccc(-c4nc(-c5cccc6c5sc5ccccc56)nc(-n5c6ccccc6c6ccc7c8ccccc8n(-c8ccccc8)c7c65)n4)c3s2)cc1.